The van der Waals surface area contributed by atoms with Gasteiger partial charge in [-0.1, -0.05) is 0 Å². The van der Waals surface area contributed by atoms with E-state index in [1.54, 1.807) is 18.6 Å². The molecule has 0 saturated heterocycles. The molecule has 2 aliphatic rings. The summed E-state index contributed by atoms with van der Waals surface area (Å²) in [5.74, 6) is 1.19. The van der Waals surface area contributed by atoms with Crippen molar-refractivity contribution in [1.82, 2.24) is 14.5 Å². The predicted molar refractivity (Wildman–Crippen MR) is 108 cm³/mol. The second-order valence-electron chi connectivity index (χ2n) is 8.00. The molecule has 3 aromatic heterocycles. The van der Waals surface area contributed by atoms with Crippen LogP contribution >= 0.6 is 0 Å². The number of anilines is 1. The highest BCUT2D eigenvalue weighted by atomic mass is 16.2. The molecule has 1 N–H and O–H groups in total. The smallest absolute Gasteiger partial charge is 0.258 e. The lowest BCUT2D eigenvalue weighted by Crippen LogP contribution is -2.24. The standard InChI is InChI=1S/C22H22N4O2/c1-13-6-7-23-11-18(13)17-8-16-10-24-20(25-21(27)15-4-5-15)9-19(16)26(22(17)28)12-14-2-3-14/h6-11,14-15H,2-5,12H2,1H3,(H,24,25,27). The first-order valence-electron chi connectivity index (χ1n) is 9.85. The maximum atomic E-state index is 13.4. The van der Waals surface area contributed by atoms with Crippen LogP contribution in [0.3, 0.4) is 0 Å². The molecule has 2 aliphatic carbocycles. The number of hydrogen-bond donors (Lipinski definition) is 1. The number of carbonyl (C=O) groups excluding carboxylic acids is 1. The second kappa shape index (κ2) is 6.55. The fourth-order valence-electron chi connectivity index (χ4n) is 3.59. The Morgan fingerprint density at radius 2 is 2.00 bits per heavy atom. The van der Waals surface area contributed by atoms with Gasteiger partial charge in [0.15, 0.2) is 0 Å². The predicted octanol–water partition coefficient (Wildman–Crippen LogP) is 3.53. The van der Waals surface area contributed by atoms with Crippen LogP contribution in [0.4, 0.5) is 5.82 Å². The van der Waals surface area contributed by atoms with Gasteiger partial charge < -0.3 is 9.88 Å². The van der Waals surface area contributed by atoms with Crippen LogP contribution in [0.15, 0.2) is 41.6 Å². The van der Waals surface area contributed by atoms with Gasteiger partial charge in [0.1, 0.15) is 5.82 Å². The number of pyridine rings is 3. The van der Waals surface area contributed by atoms with Gasteiger partial charge in [0, 0.05) is 53.6 Å². The molecule has 0 bridgehead atoms. The molecule has 5 rings (SSSR count). The fourth-order valence-corrected chi connectivity index (χ4v) is 3.59. The highest BCUT2D eigenvalue weighted by Gasteiger charge is 2.30. The van der Waals surface area contributed by atoms with Crippen molar-refractivity contribution in [3.8, 4) is 11.1 Å². The maximum absolute atomic E-state index is 13.4. The Labute approximate surface area is 162 Å². The minimum absolute atomic E-state index is 0.0128. The zero-order valence-corrected chi connectivity index (χ0v) is 15.8. The van der Waals surface area contributed by atoms with E-state index < -0.39 is 0 Å². The van der Waals surface area contributed by atoms with Gasteiger partial charge in [-0.25, -0.2) is 4.98 Å². The van der Waals surface area contributed by atoms with Gasteiger partial charge in [0.2, 0.25) is 5.91 Å². The third-order valence-electron chi connectivity index (χ3n) is 5.64. The van der Waals surface area contributed by atoms with Crippen molar-refractivity contribution < 1.29 is 4.79 Å². The molecular weight excluding hydrogens is 352 g/mol. The van der Waals surface area contributed by atoms with Crippen LogP contribution in [-0.4, -0.2) is 20.4 Å². The molecule has 2 saturated carbocycles. The summed E-state index contributed by atoms with van der Waals surface area (Å²) in [6.45, 7) is 2.68. The van der Waals surface area contributed by atoms with Crippen LogP contribution in [0, 0.1) is 18.8 Å². The van der Waals surface area contributed by atoms with Crippen LogP contribution in [0.2, 0.25) is 0 Å². The Kier molecular flexibility index (Phi) is 4.00. The van der Waals surface area contributed by atoms with Gasteiger partial charge in [0.25, 0.3) is 5.56 Å². The lowest BCUT2D eigenvalue weighted by Gasteiger charge is -2.15. The van der Waals surface area contributed by atoms with Crippen molar-refractivity contribution in [2.45, 2.75) is 39.2 Å². The fraction of sp³-hybridized carbons (Fsp3) is 0.364. The van der Waals surface area contributed by atoms with E-state index in [4.69, 9.17) is 0 Å². The van der Waals surface area contributed by atoms with Gasteiger partial charge >= 0.3 is 0 Å². The van der Waals surface area contributed by atoms with Crippen LogP contribution in [0.1, 0.15) is 31.2 Å². The quantitative estimate of drug-likeness (QED) is 0.741. The van der Waals surface area contributed by atoms with E-state index in [0.29, 0.717) is 23.8 Å². The maximum Gasteiger partial charge on any atom is 0.258 e. The topological polar surface area (TPSA) is 76.9 Å². The molecule has 3 heterocycles. The zero-order chi connectivity index (χ0) is 19.3. The summed E-state index contributed by atoms with van der Waals surface area (Å²) in [5, 5.41) is 3.78. The summed E-state index contributed by atoms with van der Waals surface area (Å²) < 4.78 is 1.85. The highest BCUT2D eigenvalue weighted by Crippen LogP contribution is 2.33. The Bertz CT molecular complexity index is 1140. The number of nitrogens with zero attached hydrogens (tertiary/aromatic N) is 3. The normalized spacial score (nSPS) is 16.3. The first kappa shape index (κ1) is 17.1. The van der Waals surface area contributed by atoms with E-state index in [0.717, 1.165) is 47.7 Å². The van der Waals surface area contributed by atoms with Crippen LogP contribution < -0.4 is 10.9 Å². The van der Waals surface area contributed by atoms with Crippen molar-refractivity contribution in [2.75, 3.05) is 5.32 Å². The molecular formula is C22H22N4O2. The molecule has 6 heteroatoms. The van der Waals surface area contributed by atoms with E-state index in [1.165, 1.54) is 0 Å². The summed E-state index contributed by atoms with van der Waals surface area (Å²) in [7, 11) is 0. The largest absolute Gasteiger partial charge is 0.310 e. The molecule has 142 valence electrons. The summed E-state index contributed by atoms with van der Waals surface area (Å²) in [4.78, 5) is 34.1. The number of aryl methyl sites for hydroxylation is 1. The molecule has 0 aromatic carbocycles. The van der Waals surface area contributed by atoms with Crippen LogP contribution in [0.5, 0.6) is 0 Å². The number of carbonyl (C=O) groups is 1. The number of aromatic nitrogens is 3. The third kappa shape index (κ3) is 3.19. The summed E-state index contributed by atoms with van der Waals surface area (Å²) >= 11 is 0. The minimum atomic E-state index is -0.0128. The van der Waals surface area contributed by atoms with Gasteiger partial charge in [-0.15, -0.1) is 0 Å². The number of hydrogen-bond acceptors (Lipinski definition) is 4. The second-order valence-corrected chi connectivity index (χ2v) is 8.00. The molecule has 6 nitrogen and oxygen atoms in total. The summed E-state index contributed by atoms with van der Waals surface area (Å²) in [6, 6.07) is 5.64. The molecule has 28 heavy (non-hydrogen) atoms. The molecule has 0 aliphatic heterocycles. The summed E-state index contributed by atoms with van der Waals surface area (Å²) in [6.07, 6.45) is 9.42. The van der Waals surface area contributed by atoms with E-state index in [9.17, 15) is 9.59 Å². The first-order chi connectivity index (χ1) is 13.6. The lowest BCUT2D eigenvalue weighted by molar-refractivity contribution is -0.117. The monoisotopic (exact) mass is 374 g/mol. The molecule has 0 atom stereocenters. The molecule has 1 amide bonds. The van der Waals surface area contributed by atoms with Crippen molar-refractivity contribution in [3.63, 3.8) is 0 Å². The average molecular weight is 374 g/mol. The van der Waals surface area contributed by atoms with Gasteiger partial charge in [-0.2, -0.15) is 0 Å². The minimum Gasteiger partial charge on any atom is -0.310 e. The molecule has 0 unspecified atom stereocenters. The SMILES string of the molecule is Cc1ccncc1-c1cc2cnc(NC(=O)C3CC3)cc2n(CC2CC2)c1=O. The van der Waals surface area contributed by atoms with Crippen molar-refractivity contribution in [2.24, 2.45) is 11.8 Å². The van der Waals surface area contributed by atoms with Crippen molar-refractivity contribution >= 4 is 22.6 Å². The van der Waals surface area contributed by atoms with Crippen LogP contribution in [0.25, 0.3) is 22.0 Å². The number of fused-ring (bicyclic) bond motifs is 1. The third-order valence-corrected chi connectivity index (χ3v) is 5.64. The highest BCUT2D eigenvalue weighted by molar-refractivity contribution is 5.95. The number of nitrogens with one attached hydrogen (secondary N) is 1. The Morgan fingerprint density at radius 1 is 1.18 bits per heavy atom. The lowest BCUT2D eigenvalue weighted by atomic mass is 10.0. The van der Waals surface area contributed by atoms with Crippen LogP contribution in [-0.2, 0) is 11.3 Å². The number of rotatable bonds is 5. The van der Waals surface area contributed by atoms with E-state index in [1.807, 2.05) is 29.7 Å². The Balaban J connectivity index is 1.65. The zero-order valence-electron chi connectivity index (χ0n) is 15.8. The molecule has 0 spiro atoms. The van der Waals surface area contributed by atoms with E-state index in [2.05, 4.69) is 15.3 Å². The van der Waals surface area contributed by atoms with Gasteiger partial charge in [0.05, 0.1) is 5.52 Å². The Hall–Kier alpha value is -3.02. The molecule has 0 radical (unpaired) electrons. The molecule has 3 aromatic rings. The van der Waals surface area contributed by atoms with Gasteiger partial charge in [-0.3, -0.25) is 14.6 Å². The van der Waals surface area contributed by atoms with E-state index in [-0.39, 0.29) is 17.4 Å². The molecule has 2 fully saturated rings. The Morgan fingerprint density at radius 3 is 2.71 bits per heavy atom. The van der Waals surface area contributed by atoms with Crippen molar-refractivity contribution in [1.29, 1.82) is 0 Å². The van der Waals surface area contributed by atoms with E-state index >= 15 is 0 Å². The van der Waals surface area contributed by atoms with Gasteiger partial charge in [-0.05, 0) is 56.2 Å². The number of amides is 1. The first-order valence-corrected chi connectivity index (χ1v) is 9.85. The average Bonchev–Trinajstić information content (AvgIpc) is 3.59. The van der Waals surface area contributed by atoms with Crippen molar-refractivity contribution in [3.05, 3.63) is 52.7 Å². The summed E-state index contributed by atoms with van der Waals surface area (Å²) in [5.41, 5.74) is 3.33.